The van der Waals surface area contributed by atoms with Crippen molar-refractivity contribution in [2.24, 2.45) is 5.92 Å². The van der Waals surface area contributed by atoms with Gasteiger partial charge in [-0.2, -0.15) is 0 Å². The van der Waals surface area contributed by atoms with Crippen LogP contribution in [0, 0.1) is 5.92 Å². The molecular weight excluding hydrogens is 980 g/mol. The van der Waals surface area contributed by atoms with Gasteiger partial charge in [0.15, 0.2) is 0 Å². The SMILES string of the molecule is CC(C)(C)[Si](OC[C@H]1O[C@@H]2OC(=O)[C@@H](I)[C@@H]2[C@@H](O[Si](c2ccccc2)(c2ccccc2)C(C)(C)C)[C@@H]1O[Si](c1ccccc1)(c1ccccc1)C(C)(C)C)(c1ccccc1)c1ccccc1. The third-order valence-electron chi connectivity index (χ3n) is 13.8. The summed E-state index contributed by atoms with van der Waals surface area (Å²) in [5.74, 6) is -0.800. The lowest BCUT2D eigenvalue weighted by Gasteiger charge is -2.54. The minimum Gasteiger partial charge on any atom is -0.434 e. The van der Waals surface area contributed by atoms with Gasteiger partial charge in [0, 0.05) is 0 Å². The summed E-state index contributed by atoms with van der Waals surface area (Å²) in [4.78, 5) is 14.1. The summed E-state index contributed by atoms with van der Waals surface area (Å²) in [6.07, 6.45) is -2.98. The van der Waals surface area contributed by atoms with Gasteiger partial charge in [0.25, 0.3) is 25.0 Å². The predicted octanol–water partition coefficient (Wildman–Crippen LogP) is 9.15. The first-order valence-electron chi connectivity index (χ1n) is 23.3. The van der Waals surface area contributed by atoms with Gasteiger partial charge in [0.1, 0.15) is 10.0 Å². The van der Waals surface area contributed by atoms with E-state index in [9.17, 15) is 4.79 Å². The molecule has 0 bridgehead atoms. The van der Waals surface area contributed by atoms with E-state index in [1.807, 2.05) is 0 Å². The standard InChI is InChI=1S/C56H65IO6Si3/c1-54(2,3)64(41-28-16-10-17-29-41,42-30-18-11-19-31-42)59-40-47-50(62-65(55(4,5)6,43-32-20-12-21-33-43)44-34-22-13-23-35-44)51(48-49(57)52(58)61-53(48)60-47)63-66(56(7,8)9,45-36-24-14-25-37-45)46-38-26-15-27-39-46/h10-39,47-51,53H,40H2,1-9H3/t47-,48-,49+,50-,51-,53-/m1/s1. The number of hydrogen-bond acceptors (Lipinski definition) is 6. The van der Waals surface area contributed by atoms with Crippen molar-refractivity contribution < 1.29 is 27.5 Å². The van der Waals surface area contributed by atoms with E-state index in [4.69, 9.17) is 22.8 Å². The van der Waals surface area contributed by atoms with E-state index in [0.29, 0.717) is 0 Å². The summed E-state index contributed by atoms with van der Waals surface area (Å²) in [5, 5.41) is 5.85. The van der Waals surface area contributed by atoms with E-state index < -0.39 is 59.4 Å². The number of benzene rings is 6. The van der Waals surface area contributed by atoms with Crippen LogP contribution in [0.1, 0.15) is 62.3 Å². The van der Waals surface area contributed by atoms with Crippen molar-refractivity contribution in [3.63, 3.8) is 0 Å². The van der Waals surface area contributed by atoms with E-state index in [-0.39, 0.29) is 27.7 Å². The highest BCUT2D eigenvalue weighted by molar-refractivity contribution is 14.1. The molecule has 6 aromatic carbocycles. The number of hydrogen-bond donors (Lipinski definition) is 0. The van der Waals surface area contributed by atoms with Gasteiger partial charge in [-0.05, 0) is 46.2 Å². The minimum atomic E-state index is -3.34. The van der Waals surface area contributed by atoms with Gasteiger partial charge in [-0.3, -0.25) is 4.79 Å². The monoisotopic (exact) mass is 1040 g/mol. The zero-order valence-corrected chi connectivity index (χ0v) is 45.0. The van der Waals surface area contributed by atoms with Crippen molar-refractivity contribution in [3.05, 3.63) is 182 Å². The highest BCUT2D eigenvalue weighted by Gasteiger charge is 2.64. The lowest BCUT2D eigenvalue weighted by Crippen LogP contribution is -2.75. The lowest BCUT2D eigenvalue weighted by molar-refractivity contribution is -0.247. The average Bonchev–Trinajstić information content (AvgIpc) is 3.60. The number of fused-ring (bicyclic) bond motifs is 1. The zero-order chi connectivity index (χ0) is 47.0. The Labute approximate surface area is 410 Å². The number of carbonyl (C=O) groups is 1. The average molecular weight is 1050 g/mol. The van der Waals surface area contributed by atoms with Crippen LogP contribution in [-0.4, -0.2) is 66.1 Å². The van der Waals surface area contributed by atoms with Crippen LogP contribution >= 0.6 is 22.6 Å². The van der Waals surface area contributed by atoms with E-state index in [0.717, 1.165) is 20.7 Å². The molecule has 0 saturated carbocycles. The molecule has 10 heteroatoms. The van der Waals surface area contributed by atoms with Crippen molar-refractivity contribution in [2.75, 3.05) is 6.61 Å². The van der Waals surface area contributed by atoms with Crippen LogP contribution in [-0.2, 0) is 27.5 Å². The molecule has 2 saturated heterocycles. The molecule has 344 valence electrons. The number of rotatable bonds is 13. The molecule has 0 amide bonds. The van der Waals surface area contributed by atoms with Crippen molar-refractivity contribution in [2.45, 2.75) is 106 Å². The van der Waals surface area contributed by atoms with Crippen molar-refractivity contribution in [1.29, 1.82) is 0 Å². The van der Waals surface area contributed by atoms with E-state index in [1.54, 1.807) is 0 Å². The Balaban J connectivity index is 1.40. The third kappa shape index (κ3) is 8.70. The molecule has 2 aliphatic heterocycles. The first-order chi connectivity index (χ1) is 31.5. The van der Waals surface area contributed by atoms with Crippen LogP contribution in [0.15, 0.2) is 182 Å². The molecule has 6 aromatic rings. The van der Waals surface area contributed by atoms with Gasteiger partial charge in [-0.15, -0.1) is 0 Å². The molecule has 8 rings (SSSR count). The number of carbonyl (C=O) groups excluding carboxylic acids is 1. The quantitative estimate of drug-likeness (QED) is 0.0498. The number of halogens is 1. The van der Waals surface area contributed by atoms with Gasteiger partial charge in [0.2, 0.25) is 6.29 Å². The van der Waals surface area contributed by atoms with Gasteiger partial charge in [-0.25, -0.2) is 0 Å². The second-order valence-electron chi connectivity index (χ2n) is 20.9. The summed E-state index contributed by atoms with van der Waals surface area (Å²) < 4.78 is 37.6. The van der Waals surface area contributed by atoms with Crippen LogP contribution in [0.3, 0.4) is 0 Å². The van der Waals surface area contributed by atoms with E-state index >= 15 is 0 Å². The second kappa shape index (κ2) is 19.2. The molecule has 2 fully saturated rings. The van der Waals surface area contributed by atoms with Crippen LogP contribution in [0.2, 0.25) is 15.1 Å². The number of alkyl halides is 1. The molecule has 6 nitrogen and oxygen atoms in total. The largest absolute Gasteiger partial charge is 0.434 e. The molecule has 0 aliphatic carbocycles. The zero-order valence-electron chi connectivity index (χ0n) is 39.8. The summed E-state index contributed by atoms with van der Waals surface area (Å²) in [6, 6.07) is 64.4. The first-order valence-corrected chi connectivity index (χ1v) is 30.3. The molecule has 0 unspecified atom stereocenters. The molecule has 2 heterocycles. The third-order valence-corrected chi connectivity index (χ3v) is 30.2. The molecule has 0 aromatic heterocycles. The molecule has 2 aliphatic rings. The summed E-state index contributed by atoms with van der Waals surface area (Å²) in [6.45, 7) is 20.9. The van der Waals surface area contributed by atoms with Gasteiger partial charge in [0.05, 0.1) is 24.7 Å². The first kappa shape index (κ1) is 48.5. The Morgan fingerprint density at radius 1 is 0.455 bits per heavy atom. The Bertz CT molecular complexity index is 2400. The summed E-state index contributed by atoms with van der Waals surface area (Å²) in [7, 11) is -9.77. The Hall–Kier alpha value is -3.99. The van der Waals surface area contributed by atoms with Crippen LogP contribution in [0.4, 0.5) is 0 Å². The Morgan fingerprint density at radius 3 is 1.05 bits per heavy atom. The Kier molecular flexibility index (Phi) is 14.1. The lowest BCUT2D eigenvalue weighted by atomic mass is 9.90. The van der Waals surface area contributed by atoms with Crippen molar-refractivity contribution in [3.8, 4) is 0 Å². The van der Waals surface area contributed by atoms with E-state index in [2.05, 4.69) is 267 Å². The maximum absolute atomic E-state index is 14.1. The fraction of sp³-hybridized carbons (Fsp3) is 0.339. The normalized spacial score (nSPS) is 21.8. The van der Waals surface area contributed by atoms with Crippen LogP contribution in [0.25, 0.3) is 0 Å². The number of esters is 1. The maximum atomic E-state index is 14.1. The minimum absolute atomic E-state index is 0.170. The summed E-state index contributed by atoms with van der Waals surface area (Å²) in [5.41, 5.74) is 0. The molecule has 66 heavy (non-hydrogen) atoms. The van der Waals surface area contributed by atoms with Gasteiger partial charge in [-0.1, -0.05) is 267 Å². The van der Waals surface area contributed by atoms with Crippen LogP contribution < -0.4 is 31.1 Å². The number of ether oxygens (including phenoxy) is 2. The fourth-order valence-corrected chi connectivity index (χ4v) is 25.7. The fourth-order valence-electron chi connectivity index (χ4n) is 10.9. The highest BCUT2D eigenvalue weighted by atomic mass is 127. The smallest absolute Gasteiger partial charge is 0.321 e. The second-order valence-corrected chi connectivity index (χ2v) is 35.1. The summed E-state index contributed by atoms with van der Waals surface area (Å²) >= 11 is 2.28. The van der Waals surface area contributed by atoms with Crippen molar-refractivity contribution >= 4 is 84.6 Å². The molecule has 0 spiro atoms. The molecule has 0 N–H and O–H groups in total. The van der Waals surface area contributed by atoms with E-state index in [1.165, 1.54) is 10.4 Å². The maximum Gasteiger partial charge on any atom is 0.321 e. The Morgan fingerprint density at radius 2 is 0.742 bits per heavy atom. The topological polar surface area (TPSA) is 63.2 Å². The highest BCUT2D eigenvalue weighted by Crippen LogP contribution is 2.48. The molecular formula is C56H65IO6Si3. The molecule has 0 radical (unpaired) electrons. The predicted molar refractivity (Wildman–Crippen MR) is 285 cm³/mol. The molecule has 6 atom stereocenters. The van der Waals surface area contributed by atoms with Crippen LogP contribution in [0.5, 0.6) is 0 Å². The van der Waals surface area contributed by atoms with Gasteiger partial charge < -0.3 is 22.8 Å². The van der Waals surface area contributed by atoms with Gasteiger partial charge >= 0.3 is 5.97 Å². The van der Waals surface area contributed by atoms with Crippen molar-refractivity contribution in [1.82, 2.24) is 0 Å².